The second kappa shape index (κ2) is 7.17. The van der Waals surface area contributed by atoms with Crippen molar-refractivity contribution in [2.24, 2.45) is 0 Å². The van der Waals surface area contributed by atoms with Crippen LogP contribution in [-0.2, 0) is 9.53 Å². The number of hydrogen-bond donors (Lipinski definition) is 1. The number of likely N-dealkylation sites (tertiary alicyclic amines) is 1. The van der Waals surface area contributed by atoms with Crippen molar-refractivity contribution in [1.82, 2.24) is 4.90 Å². The lowest BCUT2D eigenvalue weighted by Gasteiger charge is -2.23. The first-order chi connectivity index (χ1) is 11.6. The Hall–Kier alpha value is -2.82. The van der Waals surface area contributed by atoms with Crippen molar-refractivity contribution in [2.45, 2.75) is 18.9 Å². The Morgan fingerprint density at radius 3 is 2.21 bits per heavy atom. The van der Waals surface area contributed by atoms with Crippen LogP contribution >= 0.6 is 0 Å². The van der Waals surface area contributed by atoms with Crippen molar-refractivity contribution in [3.63, 3.8) is 0 Å². The van der Waals surface area contributed by atoms with Gasteiger partial charge in [-0.25, -0.2) is 4.79 Å². The van der Waals surface area contributed by atoms with Gasteiger partial charge in [-0.15, -0.1) is 0 Å². The van der Waals surface area contributed by atoms with E-state index in [-0.39, 0.29) is 11.7 Å². The summed E-state index contributed by atoms with van der Waals surface area (Å²) in [5.74, 6) is -0.707. The minimum Gasteiger partial charge on any atom is -0.508 e. The normalized spacial score (nSPS) is 15.1. The standard InChI is InChI=1S/C19H19NO4/c21-16-10-8-15(9-11-16)19(23)24-17(14-6-2-1-3-7-14)18(22)20-12-4-5-13-20/h1-3,6-11,17,21H,4-5,12-13H2. The minimum atomic E-state index is -0.953. The zero-order valence-electron chi connectivity index (χ0n) is 13.2. The van der Waals surface area contributed by atoms with E-state index in [2.05, 4.69) is 0 Å². The molecule has 5 nitrogen and oxygen atoms in total. The smallest absolute Gasteiger partial charge is 0.339 e. The van der Waals surface area contributed by atoms with Gasteiger partial charge >= 0.3 is 5.97 Å². The molecule has 24 heavy (non-hydrogen) atoms. The Labute approximate surface area is 140 Å². The van der Waals surface area contributed by atoms with Gasteiger partial charge < -0.3 is 14.7 Å². The van der Waals surface area contributed by atoms with Crippen LogP contribution in [0.25, 0.3) is 0 Å². The Morgan fingerprint density at radius 1 is 0.958 bits per heavy atom. The number of rotatable bonds is 4. The summed E-state index contributed by atoms with van der Waals surface area (Å²) in [6.07, 6.45) is 0.990. The number of aromatic hydroxyl groups is 1. The number of carbonyl (C=O) groups is 2. The topological polar surface area (TPSA) is 66.8 Å². The Bertz CT molecular complexity index is 706. The Morgan fingerprint density at radius 2 is 1.58 bits per heavy atom. The minimum absolute atomic E-state index is 0.0688. The van der Waals surface area contributed by atoms with Crippen molar-refractivity contribution in [3.8, 4) is 5.75 Å². The number of esters is 1. The van der Waals surface area contributed by atoms with E-state index in [1.807, 2.05) is 18.2 Å². The van der Waals surface area contributed by atoms with Crippen molar-refractivity contribution < 1.29 is 19.4 Å². The molecule has 2 aromatic rings. The van der Waals surface area contributed by atoms with Gasteiger partial charge in [0, 0.05) is 18.7 Å². The fraction of sp³-hybridized carbons (Fsp3) is 0.263. The van der Waals surface area contributed by atoms with Crippen LogP contribution in [0.3, 0.4) is 0 Å². The average molecular weight is 325 g/mol. The van der Waals surface area contributed by atoms with Crippen molar-refractivity contribution in [1.29, 1.82) is 0 Å². The molecular formula is C19H19NO4. The highest BCUT2D eigenvalue weighted by Gasteiger charge is 2.31. The summed E-state index contributed by atoms with van der Waals surface area (Å²) in [6.45, 7) is 1.39. The fourth-order valence-corrected chi connectivity index (χ4v) is 2.76. The molecule has 5 heteroatoms. The average Bonchev–Trinajstić information content (AvgIpc) is 3.15. The molecule has 1 atom stereocenters. The summed E-state index contributed by atoms with van der Waals surface area (Å²) in [5.41, 5.74) is 0.949. The quantitative estimate of drug-likeness (QED) is 0.878. The van der Waals surface area contributed by atoms with Crippen molar-refractivity contribution in [3.05, 3.63) is 65.7 Å². The highest BCUT2D eigenvalue weighted by Crippen LogP contribution is 2.24. The first kappa shape index (κ1) is 16.1. The van der Waals surface area contributed by atoms with E-state index in [0.717, 1.165) is 12.8 Å². The molecule has 1 aliphatic heterocycles. The summed E-state index contributed by atoms with van der Waals surface area (Å²) < 4.78 is 5.52. The first-order valence-corrected chi connectivity index (χ1v) is 7.99. The predicted octanol–water partition coefficient (Wildman–Crippen LogP) is 2.91. The largest absolute Gasteiger partial charge is 0.508 e. The second-order valence-corrected chi connectivity index (χ2v) is 5.78. The van der Waals surface area contributed by atoms with Crippen LogP contribution in [0.5, 0.6) is 5.75 Å². The number of ether oxygens (including phenoxy) is 1. The van der Waals surface area contributed by atoms with Crippen LogP contribution in [0.1, 0.15) is 34.9 Å². The molecule has 1 heterocycles. The predicted molar refractivity (Wildman–Crippen MR) is 88.5 cm³/mol. The van der Waals surface area contributed by atoms with Gasteiger partial charge in [0.05, 0.1) is 5.56 Å². The number of phenols is 1. The number of benzene rings is 2. The molecule has 0 bridgehead atoms. The molecular weight excluding hydrogens is 306 g/mol. The maximum atomic E-state index is 12.8. The summed E-state index contributed by atoms with van der Waals surface area (Å²) in [4.78, 5) is 26.9. The molecule has 0 radical (unpaired) electrons. The molecule has 0 aromatic heterocycles. The van der Waals surface area contributed by atoms with Crippen molar-refractivity contribution in [2.75, 3.05) is 13.1 Å². The zero-order chi connectivity index (χ0) is 16.9. The molecule has 1 amide bonds. The van der Waals surface area contributed by atoms with Gasteiger partial charge in [0.1, 0.15) is 5.75 Å². The molecule has 1 aliphatic rings. The highest BCUT2D eigenvalue weighted by atomic mass is 16.5. The third kappa shape index (κ3) is 3.56. The van der Waals surface area contributed by atoms with E-state index in [9.17, 15) is 14.7 Å². The SMILES string of the molecule is O=C(OC(C(=O)N1CCCC1)c1ccccc1)c1ccc(O)cc1. The number of phenolic OH excluding ortho intramolecular Hbond substituents is 1. The van der Waals surface area contributed by atoms with Crippen LogP contribution < -0.4 is 0 Å². The maximum absolute atomic E-state index is 12.8. The van der Waals surface area contributed by atoms with E-state index in [1.165, 1.54) is 24.3 Å². The molecule has 3 rings (SSSR count). The summed E-state index contributed by atoms with van der Waals surface area (Å²) >= 11 is 0. The lowest BCUT2D eigenvalue weighted by Crippen LogP contribution is -2.34. The monoisotopic (exact) mass is 325 g/mol. The van der Waals surface area contributed by atoms with E-state index in [4.69, 9.17) is 4.74 Å². The zero-order valence-corrected chi connectivity index (χ0v) is 13.2. The number of hydrogen-bond acceptors (Lipinski definition) is 4. The van der Waals surface area contributed by atoms with E-state index in [0.29, 0.717) is 24.2 Å². The Balaban J connectivity index is 1.83. The first-order valence-electron chi connectivity index (χ1n) is 7.99. The lowest BCUT2D eigenvalue weighted by atomic mass is 10.1. The van der Waals surface area contributed by atoms with E-state index >= 15 is 0 Å². The van der Waals surface area contributed by atoms with Gasteiger partial charge in [0.25, 0.3) is 5.91 Å². The Kier molecular flexibility index (Phi) is 4.79. The van der Waals surface area contributed by atoms with Gasteiger partial charge in [-0.2, -0.15) is 0 Å². The van der Waals surface area contributed by atoms with Crippen molar-refractivity contribution >= 4 is 11.9 Å². The molecule has 1 unspecified atom stereocenters. The summed E-state index contributed by atoms with van der Waals surface area (Å²) in [5, 5.41) is 9.32. The maximum Gasteiger partial charge on any atom is 0.339 e. The molecule has 124 valence electrons. The molecule has 0 spiro atoms. The molecule has 0 saturated carbocycles. The summed E-state index contributed by atoms with van der Waals surface area (Å²) in [6, 6.07) is 14.8. The number of nitrogens with zero attached hydrogens (tertiary/aromatic N) is 1. The van der Waals surface area contributed by atoms with E-state index in [1.54, 1.807) is 17.0 Å². The van der Waals surface area contributed by atoms with Gasteiger partial charge in [0.2, 0.25) is 6.10 Å². The van der Waals surface area contributed by atoms with Gasteiger partial charge in [0.15, 0.2) is 0 Å². The van der Waals surface area contributed by atoms with Gasteiger partial charge in [-0.3, -0.25) is 4.79 Å². The molecule has 2 aromatic carbocycles. The highest BCUT2D eigenvalue weighted by molar-refractivity contribution is 5.92. The molecule has 1 fully saturated rings. The second-order valence-electron chi connectivity index (χ2n) is 5.78. The number of amides is 1. The fourth-order valence-electron chi connectivity index (χ4n) is 2.76. The van der Waals surface area contributed by atoms with Crippen LogP contribution in [0.15, 0.2) is 54.6 Å². The lowest BCUT2D eigenvalue weighted by molar-refractivity contribution is -0.140. The van der Waals surface area contributed by atoms with Crippen LogP contribution in [0.4, 0.5) is 0 Å². The van der Waals surface area contributed by atoms with Crippen LogP contribution in [0, 0.1) is 0 Å². The molecule has 0 aliphatic carbocycles. The third-order valence-electron chi connectivity index (χ3n) is 4.07. The summed E-state index contributed by atoms with van der Waals surface area (Å²) in [7, 11) is 0. The van der Waals surface area contributed by atoms with Gasteiger partial charge in [-0.1, -0.05) is 30.3 Å². The van der Waals surface area contributed by atoms with E-state index < -0.39 is 12.1 Å². The van der Waals surface area contributed by atoms with Crippen LogP contribution in [-0.4, -0.2) is 35.0 Å². The van der Waals surface area contributed by atoms with Gasteiger partial charge in [-0.05, 0) is 37.1 Å². The van der Waals surface area contributed by atoms with Crippen LogP contribution in [0.2, 0.25) is 0 Å². The third-order valence-corrected chi connectivity index (χ3v) is 4.07. The molecule has 1 saturated heterocycles. The number of carbonyl (C=O) groups excluding carboxylic acids is 2. The molecule has 1 N–H and O–H groups in total.